The van der Waals surface area contributed by atoms with Gasteiger partial charge in [0.2, 0.25) is 0 Å². The molecular formula is C14H17ClN4S. The Morgan fingerprint density at radius 1 is 1.25 bits per heavy atom. The Bertz CT molecular complexity index is 560. The Labute approximate surface area is 128 Å². The summed E-state index contributed by atoms with van der Waals surface area (Å²) in [6.07, 6.45) is 3.47. The van der Waals surface area contributed by atoms with Crippen LogP contribution in [0, 0.1) is 0 Å². The van der Waals surface area contributed by atoms with Crippen molar-refractivity contribution in [1.82, 2.24) is 9.97 Å². The molecule has 1 heterocycles. The molecule has 0 bridgehead atoms. The van der Waals surface area contributed by atoms with Crippen LogP contribution < -0.4 is 11.3 Å². The highest BCUT2D eigenvalue weighted by Gasteiger charge is 2.10. The largest absolute Gasteiger partial charge is 0.308 e. The first-order valence-corrected chi connectivity index (χ1v) is 7.78. The predicted octanol–water partition coefficient (Wildman–Crippen LogP) is 3.66. The van der Waals surface area contributed by atoms with Gasteiger partial charge >= 0.3 is 0 Å². The normalized spacial score (nSPS) is 10.6. The number of nitrogen functional groups attached to an aromatic ring is 1. The molecule has 2 rings (SSSR count). The van der Waals surface area contributed by atoms with E-state index in [0.29, 0.717) is 5.82 Å². The zero-order valence-corrected chi connectivity index (χ0v) is 12.8. The second-order valence-electron chi connectivity index (χ2n) is 4.32. The number of nitrogens with two attached hydrogens (primary N) is 1. The lowest BCUT2D eigenvalue weighted by molar-refractivity contribution is 0.856. The Morgan fingerprint density at radius 2 is 2.00 bits per heavy atom. The highest BCUT2D eigenvalue weighted by molar-refractivity contribution is 7.98. The quantitative estimate of drug-likeness (QED) is 0.369. The topological polar surface area (TPSA) is 63.8 Å². The number of benzene rings is 1. The van der Waals surface area contributed by atoms with E-state index in [9.17, 15) is 0 Å². The van der Waals surface area contributed by atoms with E-state index in [1.165, 1.54) is 5.56 Å². The lowest BCUT2D eigenvalue weighted by Gasteiger charge is -2.11. The molecule has 6 heteroatoms. The van der Waals surface area contributed by atoms with Crippen LogP contribution in [-0.4, -0.2) is 9.97 Å². The van der Waals surface area contributed by atoms with E-state index in [2.05, 4.69) is 22.3 Å². The van der Waals surface area contributed by atoms with Crippen molar-refractivity contribution >= 4 is 29.2 Å². The first-order valence-electron chi connectivity index (χ1n) is 6.42. The minimum Gasteiger partial charge on any atom is -0.308 e. The summed E-state index contributed by atoms with van der Waals surface area (Å²) in [7, 11) is 0. The van der Waals surface area contributed by atoms with E-state index in [1.807, 2.05) is 24.3 Å². The van der Waals surface area contributed by atoms with Gasteiger partial charge in [0, 0.05) is 16.3 Å². The van der Waals surface area contributed by atoms with Gasteiger partial charge in [-0.3, -0.25) is 0 Å². The summed E-state index contributed by atoms with van der Waals surface area (Å²) in [4.78, 5) is 8.53. The standard InChI is InChI=1S/C14H17ClN4S/c1-2-3-12-13(19-16)17-9-18-14(12)20-8-10-4-6-11(15)7-5-10/h4-7,9H,2-3,8,16H2,1H3,(H,17,18,19). The third-order valence-electron chi connectivity index (χ3n) is 2.83. The molecule has 0 aliphatic rings. The van der Waals surface area contributed by atoms with Gasteiger partial charge < -0.3 is 5.43 Å². The minimum atomic E-state index is 0.709. The molecule has 0 saturated heterocycles. The van der Waals surface area contributed by atoms with Crippen molar-refractivity contribution in [3.05, 3.63) is 46.7 Å². The lowest BCUT2D eigenvalue weighted by atomic mass is 10.2. The number of nitrogens with zero attached hydrogens (tertiary/aromatic N) is 2. The SMILES string of the molecule is CCCc1c(NN)ncnc1SCc1ccc(Cl)cc1. The highest BCUT2D eigenvalue weighted by atomic mass is 35.5. The number of aromatic nitrogens is 2. The lowest BCUT2D eigenvalue weighted by Crippen LogP contribution is -2.12. The van der Waals surface area contributed by atoms with Gasteiger partial charge in [-0.05, 0) is 24.1 Å². The van der Waals surface area contributed by atoms with Crippen LogP contribution in [0.2, 0.25) is 5.02 Å². The molecule has 1 aromatic carbocycles. The second-order valence-corrected chi connectivity index (χ2v) is 5.72. The van der Waals surface area contributed by atoms with Crippen LogP contribution in [0.1, 0.15) is 24.5 Å². The summed E-state index contributed by atoms with van der Waals surface area (Å²) >= 11 is 7.57. The van der Waals surface area contributed by atoms with Crippen molar-refractivity contribution in [1.29, 1.82) is 0 Å². The van der Waals surface area contributed by atoms with Crippen molar-refractivity contribution in [2.75, 3.05) is 5.43 Å². The van der Waals surface area contributed by atoms with Crippen LogP contribution in [0.5, 0.6) is 0 Å². The zero-order chi connectivity index (χ0) is 14.4. The van der Waals surface area contributed by atoms with Gasteiger partial charge in [-0.25, -0.2) is 15.8 Å². The van der Waals surface area contributed by atoms with E-state index in [4.69, 9.17) is 17.4 Å². The van der Waals surface area contributed by atoms with Gasteiger partial charge in [-0.2, -0.15) is 0 Å². The van der Waals surface area contributed by atoms with E-state index in [0.717, 1.165) is 34.2 Å². The number of anilines is 1. The number of hydrogen-bond donors (Lipinski definition) is 2. The van der Waals surface area contributed by atoms with Crippen LogP contribution in [0.4, 0.5) is 5.82 Å². The van der Waals surface area contributed by atoms with Gasteiger partial charge in [0.05, 0.1) is 0 Å². The molecule has 0 radical (unpaired) electrons. The number of hydrazine groups is 1. The third-order valence-corrected chi connectivity index (χ3v) is 4.19. The van der Waals surface area contributed by atoms with Gasteiger partial charge in [0.1, 0.15) is 17.2 Å². The number of hydrogen-bond acceptors (Lipinski definition) is 5. The summed E-state index contributed by atoms with van der Waals surface area (Å²) in [6.45, 7) is 2.13. The van der Waals surface area contributed by atoms with Crippen LogP contribution in [0.3, 0.4) is 0 Å². The molecule has 106 valence electrons. The van der Waals surface area contributed by atoms with Crippen molar-refractivity contribution in [3.63, 3.8) is 0 Å². The minimum absolute atomic E-state index is 0.709. The van der Waals surface area contributed by atoms with Gasteiger partial charge in [-0.1, -0.05) is 37.1 Å². The van der Waals surface area contributed by atoms with Crippen LogP contribution >= 0.6 is 23.4 Å². The molecule has 0 fully saturated rings. The first kappa shape index (κ1) is 15.1. The molecule has 0 aliphatic carbocycles. The zero-order valence-electron chi connectivity index (χ0n) is 11.3. The Hall–Kier alpha value is -1.30. The number of halogens is 1. The van der Waals surface area contributed by atoms with Crippen LogP contribution in [0.15, 0.2) is 35.6 Å². The van der Waals surface area contributed by atoms with Gasteiger partial charge in [0.15, 0.2) is 0 Å². The summed E-state index contributed by atoms with van der Waals surface area (Å²) in [6, 6.07) is 7.85. The average Bonchev–Trinajstić information content (AvgIpc) is 2.48. The first-order chi connectivity index (χ1) is 9.74. The molecule has 0 amide bonds. The smallest absolute Gasteiger partial charge is 0.147 e. The van der Waals surface area contributed by atoms with E-state index in [-0.39, 0.29) is 0 Å². The number of thioether (sulfide) groups is 1. The molecule has 0 aliphatic heterocycles. The molecule has 0 atom stereocenters. The fraction of sp³-hybridized carbons (Fsp3) is 0.286. The molecule has 4 nitrogen and oxygen atoms in total. The monoisotopic (exact) mass is 308 g/mol. The summed E-state index contributed by atoms with van der Waals surface area (Å²) in [5.41, 5.74) is 4.94. The van der Waals surface area contributed by atoms with Gasteiger partial charge in [0.25, 0.3) is 0 Å². The fourth-order valence-corrected chi connectivity index (χ4v) is 2.97. The predicted molar refractivity (Wildman–Crippen MR) is 84.9 cm³/mol. The van der Waals surface area contributed by atoms with Crippen molar-refractivity contribution < 1.29 is 0 Å². The van der Waals surface area contributed by atoms with E-state index < -0.39 is 0 Å². The van der Waals surface area contributed by atoms with E-state index in [1.54, 1.807) is 18.1 Å². The Balaban J connectivity index is 2.14. The third kappa shape index (κ3) is 3.85. The maximum absolute atomic E-state index is 5.89. The maximum Gasteiger partial charge on any atom is 0.147 e. The molecule has 1 aromatic heterocycles. The van der Waals surface area contributed by atoms with Gasteiger partial charge in [-0.15, -0.1) is 11.8 Å². The molecular weight excluding hydrogens is 292 g/mol. The second kappa shape index (κ2) is 7.47. The molecule has 2 aromatic rings. The van der Waals surface area contributed by atoms with Crippen LogP contribution in [-0.2, 0) is 12.2 Å². The van der Waals surface area contributed by atoms with Crippen LogP contribution in [0.25, 0.3) is 0 Å². The average molecular weight is 309 g/mol. The molecule has 0 spiro atoms. The number of rotatable bonds is 6. The Kier molecular flexibility index (Phi) is 5.64. The van der Waals surface area contributed by atoms with Crippen molar-refractivity contribution in [3.8, 4) is 0 Å². The van der Waals surface area contributed by atoms with E-state index >= 15 is 0 Å². The maximum atomic E-state index is 5.89. The summed E-state index contributed by atoms with van der Waals surface area (Å²) in [5.74, 6) is 7.06. The molecule has 0 unspecified atom stereocenters. The van der Waals surface area contributed by atoms with Crippen molar-refractivity contribution in [2.24, 2.45) is 5.84 Å². The molecule has 20 heavy (non-hydrogen) atoms. The number of nitrogens with one attached hydrogen (secondary N) is 1. The molecule has 3 N–H and O–H groups in total. The summed E-state index contributed by atoms with van der Waals surface area (Å²) < 4.78 is 0. The molecule has 0 saturated carbocycles. The Morgan fingerprint density at radius 3 is 2.65 bits per heavy atom. The highest BCUT2D eigenvalue weighted by Crippen LogP contribution is 2.28. The summed E-state index contributed by atoms with van der Waals surface area (Å²) in [5, 5.41) is 1.73. The fourth-order valence-electron chi connectivity index (χ4n) is 1.85. The van der Waals surface area contributed by atoms with Crippen molar-refractivity contribution in [2.45, 2.75) is 30.5 Å².